The van der Waals surface area contributed by atoms with Crippen molar-refractivity contribution in [3.63, 3.8) is 0 Å². The molecule has 2 N–H and O–H groups in total. The number of rotatable bonds is 1. The van der Waals surface area contributed by atoms with Gasteiger partial charge in [0.1, 0.15) is 11.7 Å². The van der Waals surface area contributed by atoms with Crippen LogP contribution in [-0.4, -0.2) is 21.9 Å². The third-order valence-electron chi connectivity index (χ3n) is 4.89. The molecule has 0 aromatic heterocycles. The summed E-state index contributed by atoms with van der Waals surface area (Å²) in [5, 5.41) is 20.5. The predicted octanol–water partition coefficient (Wildman–Crippen LogP) is 2.58. The number of hydrogen-bond donors (Lipinski definition) is 2. The van der Waals surface area contributed by atoms with E-state index in [9.17, 15) is 10.2 Å². The Bertz CT molecular complexity index is 369. The maximum absolute atomic E-state index is 11.1. The van der Waals surface area contributed by atoms with E-state index in [0.29, 0.717) is 5.92 Å². The Morgan fingerprint density at radius 2 is 1.83 bits per heavy atom. The van der Waals surface area contributed by atoms with Crippen LogP contribution >= 0.6 is 0 Å². The van der Waals surface area contributed by atoms with E-state index in [1.54, 1.807) is 6.92 Å². The van der Waals surface area contributed by atoms with E-state index >= 15 is 0 Å². The minimum atomic E-state index is -0.968. The minimum absolute atomic E-state index is 0.274. The van der Waals surface area contributed by atoms with Gasteiger partial charge in [-0.05, 0) is 38.0 Å². The van der Waals surface area contributed by atoms with Gasteiger partial charge in [-0.25, -0.2) is 0 Å². The Balaban J connectivity index is 2.29. The van der Waals surface area contributed by atoms with Crippen LogP contribution in [0.5, 0.6) is 0 Å². The molecular weight excluding hydrogens is 224 g/mol. The molecule has 2 bridgehead atoms. The maximum Gasteiger partial charge on any atom is 0.133 e. The zero-order valence-corrected chi connectivity index (χ0v) is 12.0. The van der Waals surface area contributed by atoms with E-state index < -0.39 is 11.7 Å². The lowest BCUT2D eigenvalue weighted by atomic mass is 9.64. The molecular formula is C16H26O2. The molecule has 0 aromatic carbocycles. The van der Waals surface area contributed by atoms with Gasteiger partial charge in [0.25, 0.3) is 0 Å². The lowest BCUT2D eigenvalue weighted by Crippen LogP contribution is -2.50. The minimum Gasteiger partial charge on any atom is -0.381 e. The molecule has 0 aliphatic heterocycles. The molecule has 0 amide bonds. The molecule has 0 heterocycles. The van der Waals surface area contributed by atoms with Crippen molar-refractivity contribution in [3.05, 3.63) is 0 Å². The highest BCUT2D eigenvalue weighted by molar-refractivity contribution is 5.24. The van der Waals surface area contributed by atoms with E-state index in [-0.39, 0.29) is 11.3 Å². The van der Waals surface area contributed by atoms with Crippen LogP contribution in [0.4, 0.5) is 0 Å². The van der Waals surface area contributed by atoms with E-state index in [1.165, 1.54) is 19.3 Å². The second kappa shape index (κ2) is 4.54. The number of aliphatic hydroxyl groups is 2. The second-order valence-corrected chi connectivity index (χ2v) is 7.24. The summed E-state index contributed by atoms with van der Waals surface area (Å²) in [6, 6.07) is 0. The molecule has 0 saturated heterocycles. The molecule has 2 nitrogen and oxygen atoms in total. The van der Waals surface area contributed by atoms with Crippen LogP contribution in [0.1, 0.15) is 53.4 Å². The molecule has 2 fully saturated rings. The van der Waals surface area contributed by atoms with Crippen molar-refractivity contribution >= 4 is 0 Å². The van der Waals surface area contributed by atoms with Crippen molar-refractivity contribution in [3.8, 4) is 11.8 Å². The molecule has 102 valence electrons. The summed E-state index contributed by atoms with van der Waals surface area (Å²) < 4.78 is 0. The van der Waals surface area contributed by atoms with Gasteiger partial charge in [-0.15, -0.1) is 0 Å². The van der Waals surface area contributed by atoms with E-state index in [0.717, 1.165) is 12.3 Å². The summed E-state index contributed by atoms with van der Waals surface area (Å²) in [7, 11) is 0. The number of hydrogen-bond acceptors (Lipinski definition) is 2. The Morgan fingerprint density at radius 3 is 2.22 bits per heavy atom. The second-order valence-electron chi connectivity index (χ2n) is 7.24. The summed E-state index contributed by atoms with van der Waals surface area (Å²) in [5.41, 5.74) is -1.24. The first-order valence-corrected chi connectivity index (χ1v) is 7.17. The van der Waals surface area contributed by atoms with E-state index in [1.807, 2.05) is 0 Å². The average molecular weight is 250 g/mol. The summed E-state index contributed by atoms with van der Waals surface area (Å²) in [4.78, 5) is 0. The first kappa shape index (κ1) is 13.9. The van der Waals surface area contributed by atoms with Crippen LogP contribution < -0.4 is 0 Å². The van der Waals surface area contributed by atoms with Crippen molar-refractivity contribution in [2.24, 2.45) is 23.2 Å². The van der Waals surface area contributed by atoms with Crippen LogP contribution in [0.3, 0.4) is 0 Å². The monoisotopic (exact) mass is 250 g/mol. The van der Waals surface area contributed by atoms with Gasteiger partial charge in [-0.3, -0.25) is 0 Å². The predicted molar refractivity (Wildman–Crippen MR) is 72.8 cm³/mol. The molecule has 18 heavy (non-hydrogen) atoms. The van der Waals surface area contributed by atoms with Gasteiger partial charge < -0.3 is 10.2 Å². The summed E-state index contributed by atoms with van der Waals surface area (Å²) >= 11 is 0. The van der Waals surface area contributed by atoms with Crippen LogP contribution in [0, 0.1) is 35.0 Å². The molecule has 5 atom stereocenters. The van der Waals surface area contributed by atoms with Gasteiger partial charge in [0.05, 0.1) is 0 Å². The third-order valence-corrected chi connectivity index (χ3v) is 4.89. The molecule has 2 aliphatic carbocycles. The fourth-order valence-corrected chi connectivity index (χ4v) is 3.81. The summed E-state index contributed by atoms with van der Waals surface area (Å²) in [6.07, 6.45) is 4.26. The lowest BCUT2D eigenvalue weighted by molar-refractivity contribution is -0.0719. The molecule has 5 unspecified atom stereocenters. The van der Waals surface area contributed by atoms with E-state index in [2.05, 4.69) is 32.6 Å². The highest BCUT2D eigenvalue weighted by atomic mass is 16.3. The Kier molecular flexibility index (Phi) is 3.51. The van der Waals surface area contributed by atoms with Crippen molar-refractivity contribution in [2.45, 2.75) is 65.1 Å². The lowest BCUT2D eigenvalue weighted by Gasteiger charge is -2.44. The van der Waals surface area contributed by atoms with Gasteiger partial charge >= 0.3 is 0 Å². The first-order chi connectivity index (χ1) is 8.24. The Labute approximate surface area is 111 Å². The zero-order valence-electron chi connectivity index (χ0n) is 12.0. The molecule has 0 aromatic rings. The quantitative estimate of drug-likeness (QED) is 0.702. The van der Waals surface area contributed by atoms with Gasteiger partial charge in [-0.2, -0.15) is 0 Å². The fourth-order valence-electron chi connectivity index (χ4n) is 3.81. The molecule has 2 aliphatic rings. The average Bonchev–Trinajstić information content (AvgIpc) is 2.85. The van der Waals surface area contributed by atoms with Crippen molar-refractivity contribution in [1.82, 2.24) is 0 Å². The molecule has 0 radical (unpaired) electrons. The zero-order chi connectivity index (χ0) is 13.6. The van der Waals surface area contributed by atoms with Crippen molar-refractivity contribution < 1.29 is 10.2 Å². The van der Waals surface area contributed by atoms with Gasteiger partial charge in [0.15, 0.2) is 0 Å². The normalized spacial score (nSPS) is 35.8. The third kappa shape index (κ3) is 2.31. The van der Waals surface area contributed by atoms with Crippen LogP contribution in [0.2, 0.25) is 0 Å². The van der Waals surface area contributed by atoms with Crippen LogP contribution in [0.25, 0.3) is 0 Å². The summed E-state index contributed by atoms with van der Waals surface area (Å²) in [6.45, 7) is 7.80. The van der Waals surface area contributed by atoms with Crippen molar-refractivity contribution in [1.29, 1.82) is 0 Å². The van der Waals surface area contributed by atoms with Crippen molar-refractivity contribution in [2.75, 3.05) is 0 Å². The van der Waals surface area contributed by atoms with E-state index in [4.69, 9.17) is 0 Å². The molecule has 2 heteroatoms. The summed E-state index contributed by atoms with van der Waals surface area (Å²) in [5.74, 6) is 7.50. The molecule has 2 saturated carbocycles. The molecule has 0 spiro atoms. The van der Waals surface area contributed by atoms with Gasteiger partial charge in [0.2, 0.25) is 0 Å². The Morgan fingerprint density at radius 1 is 1.17 bits per heavy atom. The highest BCUT2D eigenvalue weighted by Crippen LogP contribution is 2.55. The smallest absolute Gasteiger partial charge is 0.133 e. The maximum atomic E-state index is 11.1. The van der Waals surface area contributed by atoms with Gasteiger partial charge in [0, 0.05) is 11.3 Å². The number of fused-ring (bicyclic) bond motifs is 2. The Hall–Kier alpha value is -0.520. The van der Waals surface area contributed by atoms with Crippen LogP contribution in [-0.2, 0) is 0 Å². The van der Waals surface area contributed by atoms with Crippen LogP contribution in [0.15, 0.2) is 0 Å². The highest BCUT2D eigenvalue weighted by Gasteiger charge is 2.54. The van der Waals surface area contributed by atoms with Gasteiger partial charge in [-0.1, -0.05) is 39.0 Å². The molecule has 2 rings (SSSR count). The standard InChI is InChI=1S/C16H26O2/c1-11(17)7-8-16(18,15(2,3)4)14-10-12-5-6-13(14)9-12/h11-14,17-18H,5-6,9-10H2,1-4H3. The SMILES string of the molecule is CC(O)C#CC(O)(C1CC2CCC1C2)C(C)(C)C. The largest absolute Gasteiger partial charge is 0.381 e. The number of aliphatic hydroxyl groups excluding tert-OH is 1. The first-order valence-electron chi connectivity index (χ1n) is 7.17. The topological polar surface area (TPSA) is 40.5 Å². The fraction of sp³-hybridized carbons (Fsp3) is 0.875.